The molecule has 0 aromatic heterocycles. The second-order valence-corrected chi connectivity index (χ2v) is 18.5. The van der Waals surface area contributed by atoms with Crippen molar-refractivity contribution in [3.8, 4) is 22.3 Å². The molecule has 6 aromatic carbocycles. The number of allylic oxidation sites excluding steroid dienone is 5. The van der Waals surface area contributed by atoms with Gasteiger partial charge in [-0.2, -0.15) is 0 Å². The van der Waals surface area contributed by atoms with Crippen LogP contribution < -0.4 is 4.90 Å². The average Bonchev–Trinajstić information content (AvgIpc) is 3.81. The summed E-state index contributed by atoms with van der Waals surface area (Å²) in [6, 6.07) is 45.1. The maximum atomic E-state index is 13.2. The summed E-state index contributed by atoms with van der Waals surface area (Å²) in [5.41, 5.74) is 15.5. The highest BCUT2D eigenvalue weighted by molar-refractivity contribution is 6.41. The van der Waals surface area contributed by atoms with Gasteiger partial charge in [-0.1, -0.05) is 160 Å². The molecule has 0 radical (unpaired) electrons. The van der Waals surface area contributed by atoms with E-state index in [1.807, 2.05) is 6.07 Å². The molecule has 3 aliphatic rings. The lowest BCUT2D eigenvalue weighted by molar-refractivity contribution is -0.115. The van der Waals surface area contributed by atoms with E-state index in [0.717, 1.165) is 33.4 Å². The van der Waals surface area contributed by atoms with E-state index in [1.165, 1.54) is 56.7 Å². The molecular weight excluding hydrogens is 743 g/mol. The lowest BCUT2D eigenvalue weighted by Crippen LogP contribution is -2.37. The Balaban J connectivity index is 1.24. The van der Waals surface area contributed by atoms with E-state index in [4.69, 9.17) is 0 Å². The second kappa shape index (κ2) is 14.7. The van der Waals surface area contributed by atoms with Gasteiger partial charge in [-0.15, -0.1) is 0 Å². The number of carbonyl (C=O) groups is 2. The van der Waals surface area contributed by atoms with Crippen LogP contribution in [0.5, 0.6) is 0 Å². The van der Waals surface area contributed by atoms with Crippen molar-refractivity contribution in [3.63, 3.8) is 0 Å². The number of Topliss-reactive ketones (excluding diaryl/α,β-unsaturated/α-hetero) is 2. The molecule has 3 nitrogen and oxygen atoms in total. The van der Waals surface area contributed by atoms with Gasteiger partial charge in [-0.25, -0.2) is 0 Å². The highest BCUT2D eigenvalue weighted by Crippen LogP contribution is 2.59. The van der Waals surface area contributed by atoms with Crippen LogP contribution in [-0.4, -0.2) is 11.6 Å². The Bertz CT molecular complexity index is 2750. The fourth-order valence-electron chi connectivity index (χ4n) is 12.0. The lowest BCUT2D eigenvalue weighted by Gasteiger charge is -2.41. The molecular formula is C58H55NO2. The zero-order chi connectivity index (χ0) is 43.1. The van der Waals surface area contributed by atoms with Crippen molar-refractivity contribution in [1.29, 1.82) is 0 Å². The third-order valence-electron chi connectivity index (χ3n) is 14.5. The highest BCUT2D eigenvalue weighted by atomic mass is 16.2. The number of ketones is 2. The Kier molecular flexibility index (Phi) is 9.66. The van der Waals surface area contributed by atoms with E-state index < -0.39 is 0 Å². The van der Waals surface area contributed by atoms with E-state index in [1.54, 1.807) is 6.08 Å². The first-order valence-corrected chi connectivity index (χ1v) is 21.9. The second-order valence-electron chi connectivity index (χ2n) is 18.5. The maximum Gasteiger partial charge on any atom is 0.197 e. The summed E-state index contributed by atoms with van der Waals surface area (Å²) in [7, 11) is 0. The van der Waals surface area contributed by atoms with Crippen molar-refractivity contribution in [3.05, 3.63) is 191 Å². The maximum absolute atomic E-state index is 13.2. The van der Waals surface area contributed by atoms with E-state index in [0.29, 0.717) is 34.8 Å². The molecule has 0 amide bonds. The minimum absolute atomic E-state index is 0.141. The summed E-state index contributed by atoms with van der Waals surface area (Å²) in [5.74, 6) is 0.866. The van der Waals surface area contributed by atoms with Crippen LogP contribution >= 0.6 is 0 Å². The molecule has 0 heterocycles. The molecule has 0 N–H and O–H groups in total. The zero-order valence-corrected chi connectivity index (χ0v) is 36.8. The summed E-state index contributed by atoms with van der Waals surface area (Å²) < 4.78 is 0. The summed E-state index contributed by atoms with van der Waals surface area (Å²) >= 11 is 0. The molecule has 9 rings (SSSR count). The Hall–Kier alpha value is -6.32. The van der Waals surface area contributed by atoms with Crippen molar-refractivity contribution in [2.45, 2.75) is 66.2 Å². The first kappa shape index (κ1) is 40.1. The average molecular weight is 798 g/mol. The fraction of sp³-hybridized carbons (Fsp3) is 0.241. The first-order valence-electron chi connectivity index (χ1n) is 21.9. The molecule has 0 atom stereocenters. The predicted octanol–water partition coefficient (Wildman–Crippen LogP) is 14.7. The smallest absolute Gasteiger partial charge is 0.197 e. The summed E-state index contributed by atoms with van der Waals surface area (Å²) in [4.78, 5) is 28.9. The molecule has 0 fully saturated rings. The van der Waals surface area contributed by atoms with Gasteiger partial charge in [0.25, 0.3) is 0 Å². The number of benzene rings is 6. The molecule has 0 saturated carbocycles. The van der Waals surface area contributed by atoms with Gasteiger partial charge in [0, 0.05) is 39.0 Å². The van der Waals surface area contributed by atoms with Crippen molar-refractivity contribution in [1.82, 2.24) is 0 Å². The van der Waals surface area contributed by atoms with Gasteiger partial charge in [-0.3, -0.25) is 9.59 Å². The van der Waals surface area contributed by atoms with Crippen LogP contribution in [0.25, 0.3) is 39.1 Å². The van der Waals surface area contributed by atoms with Gasteiger partial charge in [0.1, 0.15) is 0 Å². The standard InChI is InChI=1S/C58H55NO2/c1-11-44-45(12-2)56(61)50(55(44)60)30-38-21-22-40-31-41(24-23-39(40)29-38)59(42-25-27-48-46-17-13-15-19-51(46)57(34(3)4,35(5)6)53(48)32-42)43-26-28-49-47-18-14-16-20-52(47)58(36(7)8,37(9)10)54(49)33-43/h11-37H,1-2H2,3-10H3. The van der Waals surface area contributed by atoms with Crippen molar-refractivity contribution < 1.29 is 9.59 Å². The van der Waals surface area contributed by atoms with Gasteiger partial charge in [0.15, 0.2) is 11.6 Å². The third kappa shape index (κ3) is 5.62. The minimum atomic E-state index is -0.311. The van der Waals surface area contributed by atoms with Crippen LogP contribution in [0, 0.1) is 23.7 Å². The normalized spacial score (nSPS) is 15.8. The summed E-state index contributed by atoms with van der Waals surface area (Å²) in [6.07, 6.45) is 4.59. The van der Waals surface area contributed by atoms with E-state index in [9.17, 15) is 9.59 Å². The third-order valence-corrected chi connectivity index (χ3v) is 14.5. The van der Waals surface area contributed by atoms with Crippen LogP contribution in [0.2, 0.25) is 0 Å². The molecule has 0 bridgehead atoms. The predicted molar refractivity (Wildman–Crippen MR) is 256 cm³/mol. The van der Waals surface area contributed by atoms with E-state index in [2.05, 4.69) is 189 Å². The number of anilines is 3. The Morgan fingerprint density at radius 1 is 0.459 bits per heavy atom. The lowest BCUT2D eigenvalue weighted by atomic mass is 9.63. The monoisotopic (exact) mass is 797 g/mol. The molecule has 3 aliphatic carbocycles. The topological polar surface area (TPSA) is 37.4 Å². The number of rotatable bonds is 10. The number of carbonyl (C=O) groups excluding carboxylic acids is 2. The molecule has 0 spiro atoms. The molecule has 6 aromatic rings. The molecule has 61 heavy (non-hydrogen) atoms. The Morgan fingerprint density at radius 2 is 0.852 bits per heavy atom. The Labute approximate surface area is 361 Å². The molecule has 3 heteroatoms. The van der Waals surface area contributed by atoms with Gasteiger partial charge < -0.3 is 4.90 Å². The summed E-state index contributed by atoms with van der Waals surface area (Å²) in [6.45, 7) is 26.6. The van der Waals surface area contributed by atoms with Crippen molar-refractivity contribution >= 4 is 45.5 Å². The number of fused-ring (bicyclic) bond motifs is 7. The molecule has 0 saturated heterocycles. The number of hydrogen-bond acceptors (Lipinski definition) is 3. The molecule has 0 aliphatic heterocycles. The van der Waals surface area contributed by atoms with Crippen LogP contribution in [0.4, 0.5) is 17.1 Å². The van der Waals surface area contributed by atoms with Crippen molar-refractivity contribution in [2.24, 2.45) is 23.7 Å². The van der Waals surface area contributed by atoms with Gasteiger partial charge in [0.2, 0.25) is 0 Å². The molecule has 0 unspecified atom stereocenters. The van der Waals surface area contributed by atoms with Crippen LogP contribution in [-0.2, 0) is 20.4 Å². The number of hydrogen-bond donors (Lipinski definition) is 0. The van der Waals surface area contributed by atoms with Crippen LogP contribution in [0.3, 0.4) is 0 Å². The fourth-order valence-corrected chi connectivity index (χ4v) is 12.0. The van der Waals surface area contributed by atoms with E-state index >= 15 is 0 Å². The Morgan fingerprint density at radius 3 is 1.31 bits per heavy atom. The minimum Gasteiger partial charge on any atom is -0.310 e. The van der Waals surface area contributed by atoms with Crippen LogP contribution in [0.15, 0.2) is 163 Å². The quantitative estimate of drug-likeness (QED) is 0.102. The highest BCUT2D eigenvalue weighted by Gasteiger charge is 2.49. The zero-order valence-electron chi connectivity index (χ0n) is 36.8. The SMILES string of the molecule is C=CC1=C(C=C)C(=O)C(=Cc2ccc3cc(N(c4ccc5c(c4)C(C(C)C)(C(C)C)c4ccccc4-5)c4ccc5c(c4)C(C(C)C)(C(C)C)c4ccccc4-5)ccc3c2)C1=O. The van der Waals surface area contributed by atoms with Gasteiger partial charge >= 0.3 is 0 Å². The number of nitrogens with zero attached hydrogens (tertiary/aromatic N) is 1. The van der Waals surface area contributed by atoms with E-state index in [-0.39, 0.29) is 28.0 Å². The van der Waals surface area contributed by atoms with Gasteiger partial charge in [-0.05, 0) is 133 Å². The first-order chi connectivity index (χ1) is 29.3. The van der Waals surface area contributed by atoms with Crippen molar-refractivity contribution in [2.75, 3.05) is 4.90 Å². The molecule has 304 valence electrons. The largest absolute Gasteiger partial charge is 0.310 e. The van der Waals surface area contributed by atoms with Crippen LogP contribution in [0.1, 0.15) is 83.2 Å². The summed E-state index contributed by atoms with van der Waals surface area (Å²) in [5, 5.41) is 2.08. The van der Waals surface area contributed by atoms with Gasteiger partial charge in [0.05, 0.1) is 5.57 Å².